The number of aryl methyl sites for hydroxylation is 1. The third-order valence-corrected chi connectivity index (χ3v) is 6.90. The Labute approximate surface area is 194 Å². The first-order valence-corrected chi connectivity index (χ1v) is 11.8. The second-order valence-corrected chi connectivity index (χ2v) is 9.64. The molecule has 172 valence electrons. The summed E-state index contributed by atoms with van der Waals surface area (Å²) < 4.78 is 32.6. The predicted octanol–water partition coefficient (Wildman–Crippen LogP) is 4.43. The van der Waals surface area contributed by atoms with Gasteiger partial charge in [-0.05, 0) is 69.3 Å². The molecule has 1 unspecified atom stereocenters. The number of nitrogens with zero attached hydrogens (tertiary/aromatic N) is 1. The van der Waals surface area contributed by atoms with Crippen LogP contribution in [0.2, 0.25) is 0 Å². The lowest BCUT2D eigenvalue weighted by molar-refractivity contribution is -0.122. The first-order chi connectivity index (χ1) is 15.6. The van der Waals surface area contributed by atoms with Gasteiger partial charge in [0.15, 0.2) is 11.9 Å². The molecule has 1 atom stereocenters. The summed E-state index contributed by atoms with van der Waals surface area (Å²) in [6.07, 6.45) is -0.814. The average Bonchev–Trinajstić information content (AvgIpc) is 2.79. The van der Waals surface area contributed by atoms with Crippen LogP contribution in [0.5, 0.6) is 5.75 Å². The summed E-state index contributed by atoms with van der Waals surface area (Å²) >= 11 is 0. The van der Waals surface area contributed by atoms with Crippen molar-refractivity contribution in [2.45, 2.75) is 31.8 Å². The van der Waals surface area contributed by atoms with E-state index in [9.17, 15) is 18.0 Å². The fourth-order valence-corrected chi connectivity index (χ4v) is 4.25. The maximum absolute atomic E-state index is 12.9. The highest BCUT2D eigenvalue weighted by Crippen LogP contribution is 2.25. The van der Waals surface area contributed by atoms with E-state index in [0.29, 0.717) is 22.7 Å². The molecule has 0 saturated carbocycles. The van der Waals surface area contributed by atoms with Gasteiger partial charge in [0.1, 0.15) is 5.75 Å². The molecule has 0 aliphatic heterocycles. The summed E-state index contributed by atoms with van der Waals surface area (Å²) in [5, 5.41) is 2.73. The van der Waals surface area contributed by atoms with E-state index in [2.05, 4.69) is 5.32 Å². The van der Waals surface area contributed by atoms with Crippen LogP contribution in [0.1, 0.15) is 29.8 Å². The van der Waals surface area contributed by atoms with Gasteiger partial charge in [-0.25, -0.2) is 8.42 Å². The van der Waals surface area contributed by atoms with E-state index >= 15 is 0 Å². The molecule has 0 fully saturated rings. The Morgan fingerprint density at radius 3 is 2.21 bits per heavy atom. The minimum absolute atomic E-state index is 0.0927. The van der Waals surface area contributed by atoms with Gasteiger partial charge < -0.3 is 10.1 Å². The van der Waals surface area contributed by atoms with Crippen molar-refractivity contribution in [1.29, 1.82) is 0 Å². The van der Waals surface area contributed by atoms with Crippen LogP contribution in [0.25, 0.3) is 0 Å². The van der Waals surface area contributed by atoms with Crippen molar-refractivity contribution >= 4 is 33.1 Å². The third kappa shape index (κ3) is 5.78. The minimum Gasteiger partial charge on any atom is -0.481 e. The van der Waals surface area contributed by atoms with Gasteiger partial charge in [0.05, 0.1) is 10.6 Å². The van der Waals surface area contributed by atoms with Crippen LogP contribution >= 0.6 is 0 Å². The zero-order chi connectivity index (χ0) is 24.2. The number of sulfonamides is 1. The van der Waals surface area contributed by atoms with Crippen molar-refractivity contribution in [3.63, 3.8) is 0 Å². The number of hydrogen-bond donors (Lipinski definition) is 1. The molecule has 1 N–H and O–H groups in total. The van der Waals surface area contributed by atoms with Crippen molar-refractivity contribution in [1.82, 2.24) is 0 Å². The monoisotopic (exact) mass is 466 g/mol. The van der Waals surface area contributed by atoms with Gasteiger partial charge in [-0.1, -0.05) is 29.8 Å². The second-order valence-electron chi connectivity index (χ2n) is 7.67. The van der Waals surface area contributed by atoms with E-state index in [4.69, 9.17) is 4.74 Å². The van der Waals surface area contributed by atoms with Gasteiger partial charge >= 0.3 is 0 Å². The molecule has 0 aliphatic carbocycles. The van der Waals surface area contributed by atoms with Crippen molar-refractivity contribution in [2.24, 2.45) is 0 Å². The summed E-state index contributed by atoms with van der Waals surface area (Å²) in [5.74, 6) is -0.0521. The molecule has 3 aromatic rings. The maximum atomic E-state index is 12.9. The topological polar surface area (TPSA) is 92.8 Å². The molecule has 3 rings (SSSR count). The minimum atomic E-state index is -3.70. The van der Waals surface area contributed by atoms with E-state index < -0.39 is 16.1 Å². The Morgan fingerprint density at radius 1 is 0.970 bits per heavy atom. The lowest BCUT2D eigenvalue weighted by Gasteiger charge is -2.20. The zero-order valence-electron chi connectivity index (χ0n) is 18.9. The van der Waals surface area contributed by atoms with Crippen molar-refractivity contribution in [3.05, 3.63) is 83.9 Å². The molecule has 0 aliphatic rings. The van der Waals surface area contributed by atoms with Crippen LogP contribution < -0.4 is 14.4 Å². The molecular formula is C25H26N2O5S. The Hall–Kier alpha value is -3.65. The fourth-order valence-electron chi connectivity index (χ4n) is 3.06. The molecule has 0 saturated heterocycles. The summed E-state index contributed by atoms with van der Waals surface area (Å²) in [5.41, 5.74) is 2.44. The van der Waals surface area contributed by atoms with Crippen molar-refractivity contribution in [3.8, 4) is 5.75 Å². The highest BCUT2D eigenvalue weighted by molar-refractivity contribution is 7.92. The Bertz CT molecular complexity index is 1250. The van der Waals surface area contributed by atoms with Gasteiger partial charge in [0.2, 0.25) is 0 Å². The smallest absolute Gasteiger partial charge is 0.265 e. The number of nitrogens with one attached hydrogen (secondary N) is 1. The van der Waals surface area contributed by atoms with Crippen LogP contribution in [-0.2, 0) is 14.8 Å². The summed E-state index contributed by atoms with van der Waals surface area (Å²) in [6, 6.07) is 19.8. The van der Waals surface area contributed by atoms with Crippen molar-refractivity contribution in [2.75, 3.05) is 16.7 Å². The average molecular weight is 467 g/mol. The van der Waals surface area contributed by atoms with Gasteiger partial charge in [-0.2, -0.15) is 0 Å². The van der Waals surface area contributed by atoms with E-state index in [1.807, 2.05) is 6.92 Å². The van der Waals surface area contributed by atoms with E-state index in [1.54, 1.807) is 79.7 Å². The standard InChI is InChI=1S/C25H26N2O5S/c1-17-8-14-24(15-9-17)33(30,31)27(4)22-10-12-23(13-11-22)32-19(3)25(29)26-21-7-5-6-20(16-21)18(2)28/h5-16,19H,1-4H3,(H,26,29). The fraction of sp³-hybridized carbons (Fsp3) is 0.200. The molecule has 0 spiro atoms. The molecule has 33 heavy (non-hydrogen) atoms. The summed E-state index contributed by atoms with van der Waals surface area (Å²) in [7, 11) is -2.22. The maximum Gasteiger partial charge on any atom is 0.265 e. The molecule has 0 aromatic heterocycles. The van der Waals surface area contributed by atoms with Crippen LogP contribution in [0, 0.1) is 6.92 Å². The first kappa shape index (κ1) is 24.0. The van der Waals surface area contributed by atoms with Crippen LogP contribution in [0.15, 0.2) is 77.7 Å². The number of benzene rings is 3. The number of anilines is 2. The number of carbonyl (C=O) groups excluding carboxylic acids is 2. The largest absolute Gasteiger partial charge is 0.481 e. The van der Waals surface area contributed by atoms with Crippen LogP contribution in [0.4, 0.5) is 11.4 Å². The quantitative estimate of drug-likeness (QED) is 0.496. The normalized spacial score (nSPS) is 12.0. The van der Waals surface area contributed by atoms with Gasteiger partial charge in [0.25, 0.3) is 15.9 Å². The number of ether oxygens (including phenoxy) is 1. The molecule has 0 radical (unpaired) electrons. The van der Waals surface area contributed by atoms with Gasteiger partial charge in [0, 0.05) is 18.3 Å². The van der Waals surface area contributed by atoms with E-state index in [0.717, 1.165) is 5.56 Å². The van der Waals surface area contributed by atoms with Gasteiger partial charge in [-0.15, -0.1) is 0 Å². The highest BCUT2D eigenvalue weighted by Gasteiger charge is 2.21. The number of hydrogen-bond acceptors (Lipinski definition) is 5. The molecule has 7 nitrogen and oxygen atoms in total. The Balaban J connectivity index is 1.66. The molecule has 8 heteroatoms. The third-order valence-electron chi connectivity index (χ3n) is 5.10. The Morgan fingerprint density at radius 2 is 1.61 bits per heavy atom. The van der Waals surface area contributed by atoms with Crippen molar-refractivity contribution < 1.29 is 22.7 Å². The number of ketones is 1. The van der Waals surface area contributed by atoms with E-state index in [1.165, 1.54) is 18.3 Å². The zero-order valence-corrected chi connectivity index (χ0v) is 19.7. The summed E-state index contributed by atoms with van der Waals surface area (Å²) in [6.45, 7) is 4.95. The predicted molar refractivity (Wildman–Crippen MR) is 128 cm³/mol. The SMILES string of the molecule is CC(=O)c1cccc(NC(=O)C(C)Oc2ccc(N(C)S(=O)(=O)c3ccc(C)cc3)cc2)c1. The second kappa shape index (κ2) is 9.87. The Kier molecular flexibility index (Phi) is 7.18. The number of rotatable bonds is 8. The number of amides is 1. The molecule has 3 aromatic carbocycles. The summed E-state index contributed by atoms with van der Waals surface area (Å²) in [4.78, 5) is 24.2. The molecular weight excluding hydrogens is 440 g/mol. The molecule has 0 bridgehead atoms. The molecule has 0 heterocycles. The molecule has 1 amide bonds. The lowest BCUT2D eigenvalue weighted by atomic mass is 10.1. The lowest BCUT2D eigenvalue weighted by Crippen LogP contribution is -2.30. The van der Waals surface area contributed by atoms with Crippen LogP contribution in [0.3, 0.4) is 0 Å². The first-order valence-electron chi connectivity index (χ1n) is 10.3. The number of carbonyl (C=O) groups is 2. The number of Topliss-reactive ketones (excluding diaryl/α,β-unsaturated/α-hetero) is 1. The van der Waals surface area contributed by atoms with Gasteiger partial charge in [-0.3, -0.25) is 13.9 Å². The van der Waals surface area contributed by atoms with E-state index in [-0.39, 0.29) is 16.6 Å². The highest BCUT2D eigenvalue weighted by atomic mass is 32.2. The van der Waals surface area contributed by atoms with Crippen LogP contribution in [-0.4, -0.2) is 33.3 Å².